The molecule has 0 aliphatic carbocycles. The number of pyridine rings is 1. The second kappa shape index (κ2) is 9.08. The first-order chi connectivity index (χ1) is 9.67. The van der Waals surface area contributed by atoms with Crippen LogP contribution in [0, 0.1) is 11.8 Å². The van der Waals surface area contributed by atoms with Gasteiger partial charge in [0.2, 0.25) is 0 Å². The number of aromatic nitrogens is 1. The molecule has 0 bridgehead atoms. The Morgan fingerprint density at radius 2 is 2.30 bits per heavy atom. The average Bonchev–Trinajstić information content (AvgIpc) is 2.47. The van der Waals surface area contributed by atoms with Gasteiger partial charge in [0.15, 0.2) is 0 Å². The molecule has 2 N–H and O–H groups in total. The minimum absolute atomic E-state index is 0.0333. The maximum atomic E-state index is 11.9. The number of aliphatic hydroxyl groups excluding tert-OH is 1. The van der Waals surface area contributed by atoms with E-state index in [1.165, 1.54) is 6.20 Å². The van der Waals surface area contributed by atoms with E-state index in [4.69, 9.17) is 5.11 Å². The lowest BCUT2D eigenvalue weighted by atomic mass is 10.2. The van der Waals surface area contributed by atoms with Gasteiger partial charge < -0.3 is 15.3 Å². The first-order valence-electron chi connectivity index (χ1n) is 6.69. The summed E-state index contributed by atoms with van der Waals surface area (Å²) < 4.78 is 0. The van der Waals surface area contributed by atoms with Gasteiger partial charge in [0.05, 0.1) is 12.2 Å². The van der Waals surface area contributed by atoms with Crippen molar-refractivity contribution in [2.75, 3.05) is 33.3 Å². The Morgan fingerprint density at radius 3 is 3.00 bits per heavy atom. The number of carbonyl (C=O) groups is 1. The molecule has 0 saturated carbocycles. The molecule has 5 nitrogen and oxygen atoms in total. The largest absolute Gasteiger partial charge is 0.395 e. The predicted molar refractivity (Wildman–Crippen MR) is 78.3 cm³/mol. The zero-order valence-electron chi connectivity index (χ0n) is 12.0. The Morgan fingerprint density at radius 1 is 1.50 bits per heavy atom. The van der Waals surface area contributed by atoms with Crippen molar-refractivity contribution in [2.24, 2.45) is 0 Å². The summed E-state index contributed by atoms with van der Waals surface area (Å²) in [5, 5.41) is 11.5. The minimum Gasteiger partial charge on any atom is -0.395 e. The normalized spacial score (nSPS) is 10.0. The van der Waals surface area contributed by atoms with Gasteiger partial charge in [0.25, 0.3) is 5.91 Å². The minimum atomic E-state index is -0.146. The van der Waals surface area contributed by atoms with E-state index in [2.05, 4.69) is 34.0 Å². The van der Waals surface area contributed by atoms with E-state index < -0.39 is 0 Å². The van der Waals surface area contributed by atoms with Crippen LogP contribution in [0.25, 0.3) is 0 Å². The molecular weight excluding hydrogens is 254 g/mol. The van der Waals surface area contributed by atoms with Crippen LogP contribution in [-0.4, -0.2) is 54.2 Å². The highest BCUT2D eigenvalue weighted by atomic mass is 16.2. The fraction of sp³-hybridized carbons (Fsp3) is 0.467. The molecule has 1 rings (SSSR count). The lowest BCUT2D eigenvalue weighted by molar-refractivity contribution is 0.0949. The lowest BCUT2D eigenvalue weighted by Crippen LogP contribution is -2.32. The zero-order valence-corrected chi connectivity index (χ0v) is 12.0. The molecule has 0 radical (unpaired) electrons. The van der Waals surface area contributed by atoms with Crippen molar-refractivity contribution in [3.63, 3.8) is 0 Å². The second-order valence-electron chi connectivity index (χ2n) is 4.39. The van der Waals surface area contributed by atoms with Gasteiger partial charge in [0, 0.05) is 37.5 Å². The van der Waals surface area contributed by atoms with Crippen molar-refractivity contribution in [3.8, 4) is 11.8 Å². The molecule has 0 aromatic carbocycles. The van der Waals surface area contributed by atoms with E-state index in [0.717, 1.165) is 13.1 Å². The standard InChI is InChI=1S/C15H21N3O2/c1-3-18(2)8-7-17-15(20)14-10-13(11-16-12-14)6-4-5-9-19/h10-12,19H,3,5,7-9H2,1-2H3,(H,17,20). The summed E-state index contributed by atoms with van der Waals surface area (Å²) in [6.45, 7) is 4.47. The summed E-state index contributed by atoms with van der Waals surface area (Å²) in [4.78, 5) is 18.1. The fourth-order valence-corrected chi connectivity index (χ4v) is 1.47. The molecule has 0 aliphatic rings. The molecule has 1 aromatic rings. The molecule has 1 aromatic heterocycles. The number of nitrogens with zero attached hydrogens (tertiary/aromatic N) is 2. The predicted octanol–water partition coefficient (Wildman–Crippen LogP) is 0.497. The number of carbonyl (C=O) groups excluding carboxylic acids is 1. The summed E-state index contributed by atoms with van der Waals surface area (Å²) >= 11 is 0. The Bertz CT molecular complexity index is 491. The number of likely N-dealkylation sites (N-methyl/N-ethyl adjacent to an activating group) is 1. The van der Waals surface area contributed by atoms with E-state index in [0.29, 0.717) is 24.1 Å². The molecule has 0 saturated heterocycles. The summed E-state index contributed by atoms with van der Waals surface area (Å²) in [6, 6.07) is 1.70. The third kappa shape index (κ3) is 5.83. The van der Waals surface area contributed by atoms with Gasteiger partial charge in [-0.15, -0.1) is 0 Å². The van der Waals surface area contributed by atoms with E-state index in [1.807, 2.05) is 7.05 Å². The molecule has 108 valence electrons. The highest BCUT2D eigenvalue weighted by Crippen LogP contribution is 2.01. The van der Waals surface area contributed by atoms with Crippen LogP contribution >= 0.6 is 0 Å². The number of hydrogen-bond acceptors (Lipinski definition) is 4. The monoisotopic (exact) mass is 275 g/mol. The molecule has 5 heteroatoms. The summed E-state index contributed by atoms with van der Waals surface area (Å²) in [5.74, 6) is 5.52. The third-order valence-corrected chi connectivity index (χ3v) is 2.79. The number of amides is 1. The average molecular weight is 275 g/mol. The first kappa shape index (κ1) is 16.2. The van der Waals surface area contributed by atoms with E-state index in [-0.39, 0.29) is 12.5 Å². The first-order valence-corrected chi connectivity index (χ1v) is 6.69. The van der Waals surface area contributed by atoms with Gasteiger partial charge in [-0.25, -0.2) is 0 Å². The molecule has 0 unspecified atom stereocenters. The lowest BCUT2D eigenvalue weighted by Gasteiger charge is -2.13. The number of nitrogens with one attached hydrogen (secondary N) is 1. The van der Waals surface area contributed by atoms with Gasteiger partial charge in [-0.1, -0.05) is 18.8 Å². The van der Waals surface area contributed by atoms with Crippen molar-refractivity contribution in [2.45, 2.75) is 13.3 Å². The fourth-order valence-electron chi connectivity index (χ4n) is 1.47. The van der Waals surface area contributed by atoms with Crippen molar-refractivity contribution in [1.29, 1.82) is 0 Å². The second-order valence-corrected chi connectivity index (χ2v) is 4.39. The molecule has 20 heavy (non-hydrogen) atoms. The Labute approximate surface area is 120 Å². The van der Waals surface area contributed by atoms with Crippen molar-refractivity contribution in [3.05, 3.63) is 29.6 Å². The van der Waals surface area contributed by atoms with Crippen LogP contribution in [0.1, 0.15) is 29.3 Å². The molecule has 1 amide bonds. The van der Waals surface area contributed by atoms with E-state index in [9.17, 15) is 4.79 Å². The number of rotatable bonds is 6. The third-order valence-electron chi connectivity index (χ3n) is 2.79. The van der Waals surface area contributed by atoms with Gasteiger partial charge in [-0.3, -0.25) is 9.78 Å². The molecular formula is C15H21N3O2. The van der Waals surface area contributed by atoms with Crippen LogP contribution in [0.2, 0.25) is 0 Å². The maximum absolute atomic E-state index is 11.9. The Balaban J connectivity index is 2.56. The molecule has 1 heterocycles. The van der Waals surface area contributed by atoms with Gasteiger partial charge in [-0.05, 0) is 19.7 Å². The number of hydrogen-bond donors (Lipinski definition) is 2. The smallest absolute Gasteiger partial charge is 0.252 e. The Hall–Kier alpha value is -1.90. The summed E-state index contributed by atoms with van der Waals surface area (Å²) in [5.41, 5.74) is 1.18. The van der Waals surface area contributed by atoms with Crippen LogP contribution in [0.4, 0.5) is 0 Å². The van der Waals surface area contributed by atoms with Crippen LogP contribution < -0.4 is 5.32 Å². The zero-order chi connectivity index (χ0) is 14.8. The van der Waals surface area contributed by atoms with Crippen LogP contribution in [0.3, 0.4) is 0 Å². The van der Waals surface area contributed by atoms with Crippen molar-refractivity contribution < 1.29 is 9.90 Å². The van der Waals surface area contributed by atoms with E-state index >= 15 is 0 Å². The SMILES string of the molecule is CCN(C)CCNC(=O)c1cncc(C#CCCO)c1. The highest BCUT2D eigenvalue weighted by molar-refractivity contribution is 5.94. The number of aliphatic hydroxyl groups is 1. The van der Waals surface area contributed by atoms with Gasteiger partial charge in [0.1, 0.15) is 0 Å². The van der Waals surface area contributed by atoms with E-state index in [1.54, 1.807) is 12.3 Å². The van der Waals surface area contributed by atoms with Gasteiger partial charge >= 0.3 is 0 Å². The van der Waals surface area contributed by atoms with Crippen LogP contribution in [-0.2, 0) is 0 Å². The van der Waals surface area contributed by atoms with Crippen LogP contribution in [0.15, 0.2) is 18.5 Å². The quantitative estimate of drug-likeness (QED) is 0.742. The maximum Gasteiger partial charge on any atom is 0.252 e. The topological polar surface area (TPSA) is 65.5 Å². The van der Waals surface area contributed by atoms with Gasteiger partial charge in [-0.2, -0.15) is 0 Å². The highest BCUT2D eigenvalue weighted by Gasteiger charge is 2.06. The molecule has 0 aliphatic heterocycles. The molecule has 0 atom stereocenters. The molecule has 0 spiro atoms. The van der Waals surface area contributed by atoms with Crippen molar-refractivity contribution >= 4 is 5.91 Å². The Kier molecular flexibility index (Phi) is 7.33. The molecule has 0 fully saturated rings. The van der Waals surface area contributed by atoms with Crippen molar-refractivity contribution in [1.82, 2.24) is 15.2 Å². The summed E-state index contributed by atoms with van der Waals surface area (Å²) in [6.07, 6.45) is 3.54. The summed E-state index contributed by atoms with van der Waals surface area (Å²) in [7, 11) is 2.01. The van der Waals surface area contributed by atoms with Crippen LogP contribution in [0.5, 0.6) is 0 Å².